The summed E-state index contributed by atoms with van der Waals surface area (Å²) in [5, 5.41) is 21.0. The summed E-state index contributed by atoms with van der Waals surface area (Å²) < 4.78 is 10.7. The Morgan fingerprint density at radius 1 is 1.11 bits per heavy atom. The number of anilines is 1. The highest BCUT2D eigenvalue weighted by Crippen LogP contribution is 2.33. The van der Waals surface area contributed by atoms with E-state index < -0.39 is 23.2 Å². The second-order valence-electron chi connectivity index (χ2n) is 9.94. The lowest BCUT2D eigenvalue weighted by molar-refractivity contribution is -0.118. The minimum atomic E-state index is -1.31. The molecule has 0 unspecified atom stereocenters. The fraction of sp³-hybridized carbons (Fsp3) is 0.179. The number of aromatic amines is 2. The number of carbonyl (C=O) groups excluding carboxylic acids is 2. The third-order valence-electron chi connectivity index (χ3n) is 7.06. The number of ether oxygens (including phenoxy) is 1. The quantitative estimate of drug-likeness (QED) is 0.161. The second-order valence-corrected chi connectivity index (χ2v) is 9.94. The number of fused-ring (bicyclic) bond motifs is 3. The molecule has 2 amide bonds. The number of aromatic carboxylic acids is 1. The average Bonchev–Trinajstić information content (AvgIpc) is 3.73. The predicted molar refractivity (Wildman–Crippen MR) is 160 cm³/mol. The Kier molecular flexibility index (Phi) is 8.51. The fourth-order valence-corrected chi connectivity index (χ4v) is 5.03. The van der Waals surface area contributed by atoms with Gasteiger partial charge in [-0.2, -0.15) is 0 Å². The molecule has 0 saturated heterocycles. The highest BCUT2D eigenvalue weighted by molar-refractivity contribution is 5.96. The topological polar surface area (TPSA) is 240 Å². The van der Waals surface area contributed by atoms with Gasteiger partial charge in [-0.1, -0.05) is 23.4 Å². The lowest BCUT2D eigenvalue weighted by Crippen LogP contribution is -2.28. The fourth-order valence-electron chi connectivity index (χ4n) is 5.03. The number of aryl methyl sites for hydroxylation is 1. The number of hydrogen-bond donors (Lipinski definition) is 6. The SMILES string of the molecule is Cl.NCc1ccc2c(c1)NC(=O)CO2.O=C(N[C@H]1CCc2cc(-c3noc(=O)[nH]3)ccc21)c1cc(C(=O)O)n2[nH]c(=O)cc2n1. The van der Waals surface area contributed by atoms with Crippen LogP contribution in [0.5, 0.6) is 5.75 Å². The number of carboxylic acids is 1. The van der Waals surface area contributed by atoms with E-state index in [-0.39, 0.29) is 48.0 Å². The van der Waals surface area contributed by atoms with Gasteiger partial charge in [0, 0.05) is 24.2 Å². The van der Waals surface area contributed by atoms with Gasteiger partial charge in [-0.25, -0.2) is 19.1 Å². The molecular weight excluding hydrogens is 612 g/mol. The molecule has 0 spiro atoms. The maximum Gasteiger partial charge on any atom is 0.439 e. The van der Waals surface area contributed by atoms with E-state index in [1.165, 1.54) is 0 Å². The van der Waals surface area contributed by atoms with E-state index in [0.717, 1.165) is 33.3 Å². The smallest absolute Gasteiger partial charge is 0.439 e. The summed E-state index contributed by atoms with van der Waals surface area (Å²) in [7, 11) is 0. The zero-order valence-corrected chi connectivity index (χ0v) is 24.0. The molecule has 1 atom stereocenters. The summed E-state index contributed by atoms with van der Waals surface area (Å²) in [4.78, 5) is 64.6. The first-order valence-corrected chi connectivity index (χ1v) is 13.3. The summed E-state index contributed by atoms with van der Waals surface area (Å²) in [6.07, 6.45) is 1.33. The van der Waals surface area contributed by atoms with E-state index in [1.807, 2.05) is 30.3 Å². The second kappa shape index (κ2) is 12.5. The number of hydrogen-bond acceptors (Lipinski definition) is 10. The number of benzene rings is 2. The molecule has 45 heavy (non-hydrogen) atoms. The maximum atomic E-state index is 12.8. The molecule has 0 fully saturated rings. The molecule has 17 heteroatoms. The van der Waals surface area contributed by atoms with Gasteiger partial charge in [0.15, 0.2) is 23.8 Å². The number of aromatic nitrogens is 5. The van der Waals surface area contributed by atoms with Crippen LogP contribution in [0.25, 0.3) is 17.0 Å². The Bertz CT molecular complexity index is 2060. The number of nitrogens with one attached hydrogen (secondary N) is 4. The van der Waals surface area contributed by atoms with Crippen LogP contribution in [-0.4, -0.2) is 54.2 Å². The molecule has 5 aromatic rings. The minimum Gasteiger partial charge on any atom is -0.482 e. The molecule has 4 heterocycles. The van der Waals surface area contributed by atoms with Gasteiger partial charge in [0.2, 0.25) is 0 Å². The van der Waals surface area contributed by atoms with Crippen molar-refractivity contribution in [1.29, 1.82) is 0 Å². The lowest BCUT2D eigenvalue weighted by atomic mass is 10.0. The first-order valence-electron chi connectivity index (χ1n) is 13.3. The van der Waals surface area contributed by atoms with Crippen LogP contribution < -0.4 is 32.4 Å². The number of H-pyrrole nitrogens is 2. The average molecular weight is 637 g/mol. The number of nitrogens with zero attached hydrogens (tertiary/aromatic N) is 3. The molecule has 2 aromatic carbocycles. The number of carboxylic acid groups (broad SMARTS) is 1. The number of amides is 2. The molecule has 3 aromatic heterocycles. The molecular formula is C28H25ClN8O8. The highest BCUT2D eigenvalue weighted by atomic mass is 35.5. The van der Waals surface area contributed by atoms with Crippen LogP contribution in [0.3, 0.4) is 0 Å². The minimum absolute atomic E-state index is 0. The Hall–Kier alpha value is -5.74. The largest absolute Gasteiger partial charge is 0.482 e. The molecule has 0 radical (unpaired) electrons. The van der Waals surface area contributed by atoms with E-state index in [4.69, 9.17) is 10.5 Å². The maximum absolute atomic E-state index is 12.8. The van der Waals surface area contributed by atoms with Crippen LogP contribution in [0.2, 0.25) is 0 Å². The number of rotatable bonds is 5. The molecule has 232 valence electrons. The molecule has 7 N–H and O–H groups in total. The van der Waals surface area contributed by atoms with Crippen molar-refractivity contribution in [3.05, 3.63) is 97.5 Å². The van der Waals surface area contributed by atoms with Crippen molar-refractivity contribution in [3.8, 4) is 17.1 Å². The van der Waals surface area contributed by atoms with Crippen molar-refractivity contribution in [1.82, 2.24) is 30.1 Å². The molecule has 1 aliphatic heterocycles. The van der Waals surface area contributed by atoms with Gasteiger partial charge in [-0.3, -0.25) is 29.0 Å². The summed E-state index contributed by atoms with van der Waals surface area (Å²) >= 11 is 0. The van der Waals surface area contributed by atoms with Crippen LogP contribution in [0.1, 0.15) is 50.1 Å². The van der Waals surface area contributed by atoms with Crippen LogP contribution in [-0.2, 0) is 17.8 Å². The first-order chi connectivity index (χ1) is 21.2. The third-order valence-corrected chi connectivity index (χ3v) is 7.06. The molecule has 16 nitrogen and oxygen atoms in total. The monoisotopic (exact) mass is 636 g/mol. The summed E-state index contributed by atoms with van der Waals surface area (Å²) in [5.74, 6) is -1.60. The Morgan fingerprint density at radius 3 is 2.67 bits per heavy atom. The van der Waals surface area contributed by atoms with Crippen LogP contribution >= 0.6 is 12.4 Å². The number of halogens is 1. The normalized spacial score (nSPS) is 14.6. The Labute approximate surface area is 258 Å². The summed E-state index contributed by atoms with van der Waals surface area (Å²) in [5.41, 5.74) is 8.84. The van der Waals surface area contributed by atoms with Gasteiger partial charge in [-0.15, -0.1) is 12.4 Å². The van der Waals surface area contributed by atoms with Gasteiger partial charge in [0.05, 0.1) is 11.7 Å². The van der Waals surface area contributed by atoms with Gasteiger partial charge in [0.1, 0.15) is 11.4 Å². The van der Waals surface area contributed by atoms with Gasteiger partial charge < -0.3 is 26.2 Å². The molecule has 0 bridgehead atoms. The molecule has 1 aliphatic carbocycles. The van der Waals surface area contributed by atoms with E-state index >= 15 is 0 Å². The standard InChI is InChI=1S/C19H14N6O6.C9H10N2O2.ClH/c26-15-7-14-20-12(6-13(18(28)29)25(14)23-15)17(27)21-11-4-2-8-5-9(1-3-10(8)11)16-22-19(30)31-24-16;10-4-6-1-2-8-7(3-6)11-9(12)5-13-8;/h1,3,5-7,11H,2,4H2,(H,21,27)(H,23,26)(H,28,29)(H,22,24,30);1-3H,4-5,10H2,(H,11,12);1H/t11-;;/m0../s1. The van der Waals surface area contributed by atoms with Crippen LogP contribution in [0, 0.1) is 0 Å². The van der Waals surface area contributed by atoms with Crippen molar-refractivity contribution in [2.75, 3.05) is 11.9 Å². The van der Waals surface area contributed by atoms with Gasteiger partial charge >= 0.3 is 11.7 Å². The Balaban J connectivity index is 0.000000240. The molecule has 0 saturated carbocycles. The van der Waals surface area contributed by atoms with Crippen molar-refractivity contribution in [3.63, 3.8) is 0 Å². The van der Waals surface area contributed by atoms with Crippen molar-refractivity contribution < 1.29 is 28.8 Å². The van der Waals surface area contributed by atoms with Crippen molar-refractivity contribution in [2.45, 2.75) is 25.4 Å². The third kappa shape index (κ3) is 6.31. The summed E-state index contributed by atoms with van der Waals surface area (Å²) in [6.45, 7) is 0.554. The zero-order chi connectivity index (χ0) is 31.0. The predicted octanol–water partition coefficient (Wildman–Crippen LogP) is 1.38. The molecule has 2 aliphatic rings. The van der Waals surface area contributed by atoms with Crippen molar-refractivity contribution in [2.24, 2.45) is 5.73 Å². The van der Waals surface area contributed by atoms with E-state index in [1.54, 1.807) is 6.07 Å². The van der Waals surface area contributed by atoms with Crippen LogP contribution in [0.4, 0.5) is 5.69 Å². The number of carbonyl (C=O) groups is 3. The lowest BCUT2D eigenvalue weighted by Gasteiger charge is -2.18. The number of nitrogens with two attached hydrogens (primary N) is 1. The van der Waals surface area contributed by atoms with E-state index in [9.17, 15) is 29.1 Å². The van der Waals surface area contributed by atoms with E-state index in [2.05, 4.69) is 35.4 Å². The Morgan fingerprint density at radius 2 is 1.93 bits per heavy atom. The van der Waals surface area contributed by atoms with Crippen LogP contribution in [0.15, 0.2) is 62.6 Å². The van der Waals surface area contributed by atoms with E-state index in [0.29, 0.717) is 42.2 Å². The zero-order valence-electron chi connectivity index (χ0n) is 23.2. The molecule has 7 rings (SSSR count). The summed E-state index contributed by atoms with van der Waals surface area (Å²) in [6, 6.07) is 12.9. The first kappa shape index (κ1) is 30.7. The van der Waals surface area contributed by atoms with Gasteiger partial charge in [-0.05, 0) is 47.7 Å². The highest BCUT2D eigenvalue weighted by Gasteiger charge is 2.26. The van der Waals surface area contributed by atoms with Crippen molar-refractivity contribution >= 4 is 41.5 Å². The van der Waals surface area contributed by atoms with Gasteiger partial charge in [0.25, 0.3) is 17.4 Å².